The van der Waals surface area contributed by atoms with Gasteiger partial charge in [0.2, 0.25) is 23.3 Å². The number of hydrogen-bond acceptors (Lipinski definition) is 4. The normalized spacial score (nSPS) is 32.0. The number of nitrogens with zero attached hydrogens (tertiary/aromatic N) is 1. The maximum Gasteiger partial charge on any atom is 0.291 e. The van der Waals surface area contributed by atoms with Gasteiger partial charge in [-0.3, -0.25) is 24.1 Å². The summed E-state index contributed by atoms with van der Waals surface area (Å²) in [7, 11) is 0. The van der Waals surface area contributed by atoms with Crippen molar-refractivity contribution in [1.29, 1.82) is 0 Å². The summed E-state index contributed by atoms with van der Waals surface area (Å²) in [5.74, 6) is -3.23. The van der Waals surface area contributed by atoms with Gasteiger partial charge in [-0.25, -0.2) is 0 Å². The molecule has 0 radical (unpaired) electrons. The lowest BCUT2D eigenvalue weighted by molar-refractivity contribution is -0.732. The molecule has 4 amide bonds. The Kier molecular flexibility index (Phi) is 3.52. The van der Waals surface area contributed by atoms with Crippen LogP contribution < -0.4 is 16.4 Å². The van der Waals surface area contributed by atoms with Crippen molar-refractivity contribution in [3.63, 3.8) is 0 Å². The molecule has 2 fully saturated rings. The molecule has 4 atom stereocenters. The Labute approximate surface area is 156 Å². The number of carbonyl (C=O) groups excluding carboxylic acids is 4. The first-order valence-corrected chi connectivity index (χ1v) is 9.02. The lowest BCUT2D eigenvalue weighted by Gasteiger charge is -2.33. The van der Waals surface area contributed by atoms with Crippen LogP contribution >= 0.6 is 0 Å². The van der Waals surface area contributed by atoms with Crippen LogP contribution in [-0.4, -0.2) is 40.1 Å². The molecule has 1 spiro atoms. The zero-order valence-electron chi connectivity index (χ0n) is 15.5. The second kappa shape index (κ2) is 5.39. The molecule has 5 N–H and O–H groups in total. The minimum atomic E-state index is -1.26. The van der Waals surface area contributed by atoms with Crippen LogP contribution in [0.5, 0.6) is 0 Å². The van der Waals surface area contributed by atoms with Crippen LogP contribution in [0.4, 0.5) is 5.69 Å². The van der Waals surface area contributed by atoms with Crippen molar-refractivity contribution in [2.75, 3.05) is 5.32 Å². The molecule has 2 saturated heterocycles. The first kappa shape index (κ1) is 17.7. The lowest BCUT2D eigenvalue weighted by atomic mass is 9.76. The standard InChI is InChI=1S/C19H22N4O4/c1-18(2,3)23-15(25)13-11(8-12(20)24)22-19(14(13)16(23)26)9-6-4-5-7-10(9)21-17(19)27/h4-7,11,13-14,22H,8H2,1-3H3,(H2,20,24)(H,21,27)/p+1/t11-,13+,14-,19-/m0/s1. The van der Waals surface area contributed by atoms with Gasteiger partial charge < -0.3 is 16.4 Å². The fourth-order valence-electron chi connectivity index (χ4n) is 5.00. The van der Waals surface area contributed by atoms with Crippen LogP contribution in [0.3, 0.4) is 0 Å². The van der Waals surface area contributed by atoms with Crippen LogP contribution in [-0.2, 0) is 24.7 Å². The molecule has 4 rings (SSSR count). The first-order chi connectivity index (χ1) is 12.6. The first-order valence-electron chi connectivity index (χ1n) is 9.02. The topological polar surface area (TPSA) is 126 Å². The molecule has 142 valence electrons. The Morgan fingerprint density at radius 3 is 2.52 bits per heavy atom. The maximum absolute atomic E-state index is 13.4. The number of quaternary nitrogens is 1. The van der Waals surface area contributed by atoms with E-state index in [0.29, 0.717) is 11.3 Å². The molecule has 0 bridgehead atoms. The average Bonchev–Trinajstić information content (AvgIpc) is 3.12. The van der Waals surface area contributed by atoms with Crippen LogP contribution in [0.15, 0.2) is 24.3 Å². The van der Waals surface area contributed by atoms with Gasteiger partial charge in [0.1, 0.15) is 17.9 Å². The fraction of sp³-hybridized carbons (Fsp3) is 0.474. The van der Waals surface area contributed by atoms with E-state index in [1.165, 1.54) is 4.90 Å². The highest BCUT2D eigenvalue weighted by Gasteiger charge is 2.75. The minimum absolute atomic E-state index is 0.0740. The number of likely N-dealkylation sites (tertiary alicyclic amines) is 1. The fourth-order valence-corrected chi connectivity index (χ4v) is 5.00. The van der Waals surface area contributed by atoms with Crippen LogP contribution in [0, 0.1) is 11.8 Å². The van der Waals surface area contributed by atoms with E-state index < -0.39 is 34.9 Å². The van der Waals surface area contributed by atoms with Gasteiger partial charge in [0.05, 0.1) is 12.1 Å². The van der Waals surface area contributed by atoms with E-state index in [4.69, 9.17) is 5.73 Å². The van der Waals surface area contributed by atoms with Gasteiger partial charge in [-0.1, -0.05) is 18.2 Å². The molecule has 0 aromatic heterocycles. The zero-order valence-corrected chi connectivity index (χ0v) is 15.5. The van der Waals surface area contributed by atoms with Crippen molar-refractivity contribution in [3.05, 3.63) is 29.8 Å². The van der Waals surface area contributed by atoms with Crippen molar-refractivity contribution >= 4 is 29.3 Å². The number of fused-ring (bicyclic) bond motifs is 4. The monoisotopic (exact) mass is 371 g/mol. The average molecular weight is 371 g/mol. The summed E-state index contributed by atoms with van der Waals surface area (Å²) in [6.07, 6.45) is -0.0740. The van der Waals surface area contributed by atoms with Crippen LogP contribution in [0.2, 0.25) is 0 Å². The number of rotatable bonds is 2. The second-order valence-corrected chi connectivity index (χ2v) is 8.56. The maximum atomic E-state index is 13.4. The van der Waals surface area contributed by atoms with Gasteiger partial charge in [0, 0.05) is 11.1 Å². The van der Waals surface area contributed by atoms with Gasteiger partial charge >= 0.3 is 0 Å². The minimum Gasteiger partial charge on any atom is -0.369 e. The molecule has 0 aliphatic carbocycles. The highest BCUT2D eigenvalue weighted by Crippen LogP contribution is 2.50. The number of imide groups is 1. The van der Waals surface area contributed by atoms with E-state index >= 15 is 0 Å². The predicted octanol–water partition coefficient (Wildman–Crippen LogP) is -0.945. The Morgan fingerprint density at radius 2 is 1.89 bits per heavy atom. The van der Waals surface area contributed by atoms with Crippen molar-refractivity contribution in [2.45, 2.75) is 44.3 Å². The van der Waals surface area contributed by atoms with Gasteiger partial charge in [-0.2, -0.15) is 0 Å². The van der Waals surface area contributed by atoms with E-state index in [0.717, 1.165) is 0 Å². The molecule has 3 aliphatic rings. The molecule has 0 unspecified atom stereocenters. The van der Waals surface area contributed by atoms with Crippen molar-refractivity contribution in [2.24, 2.45) is 17.6 Å². The number of anilines is 1. The summed E-state index contributed by atoms with van der Waals surface area (Å²) >= 11 is 0. The zero-order chi connectivity index (χ0) is 19.7. The van der Waals surface area contributed by atoms with Crippen LogP contribution in [0.25, 0.3) is 0 Å². The number of primary amides is 1. The van der Waals surface area contributed by atoms with Gasteiger partial charge in [0.15, 0.2) is 0 Å². The Morgan fingerprint density at radius 1 is 1.22 bits per heavy atom. The second-order valence-electron chi connectivity index (χ2n) is 8.56. The van der Waals surface area contributed by atoms with Gasteiger partial charge in [0.25, 0.3) is 5.91 Å². The highest BCUT2D eigenvalue weighted by molar-refractivity contribution is 6.14. The van der Waals surface area contributed by atoms with Crippen LogP contribution in [0.1, 0.15) is 32.8 Å². The third-order valence-corrected chi connectivity index (χ3v) is 5.88. The molecule has 1 aromatic carbocycles. The Bertz CT molecular complexity index is 890. The molecule has 8 heteroatoms. The Balaban J connectivity index is 1.91. The molecule has 0 saturated carbocycles. The number of carbonyl (C=O) groups is 4. The quantitative estimate of drug-likeness (QED) is 0.580. The van der Waals surface area contributed by atoms with E-state index in [-0.39, 0.29) is 24.1 Å². The summed E-state index contributed by atoms with van der Waals surface area (Å²) in [6.45, 7) is 5.35. The Hall–Kier alpha value is -2.74. The summed E-state index contributed by atoms with van der Waals surface area (Å²) < 4.78 is 0. The van der Waals surface area contributed by atoms with E-state index in [9.17, 15) is 19.2 Å². The molecular formula is C19H23N4O4+. The van der Waals surface area contributed by atoms with Gasteiger partial charge in [-0.05, 0) is 26.8 Å². The third kappa shape index (κ3) is 2.19. The molecule has 3 aliphatic heterocycles. The smallest absolute Gasteiger partial charge is 0.291 e. The molecule has 8 nitrogen and oxygen atoms in total. The third-order valence-electron chi connectivity index (χ3n) is 5.88. The van der Waals surface area contributed by atoms with Crippen molar-refractivity contribution < 1.29 is 24.5 Å². The number of nitrogens with two attached hydrogens (primary N) is 2. The lowest BCUT2D eigenvalue weighted by Crippen LogP contribution is -2.99. The molecule has 1 aromatic rings. The predicted molar refractivity (Wildman–Crippen MR) is 94.9 cm³/mol. The molecule has 27 heavy (non-hydrogen) atoms. The summed E-state index contributed by atoms with van der Waals surface area (Å²) in [5, 5.41) is 4.55. The number of amides is 4. The van der Waals surface area contributed by atoms with Crippen molar-refractivity contribution in [1.82, 2.24) is 4.90 Å². The molecular weight excluding hydrogens is 348 g/mol. The number of benzene rings is 1. The number of para-hydroxylation sites is 1. The largest absolute Gasteiger partial charge is 0.369 e. The summed E-state index contributed by atoms with van der Waals surface area (Å²) in [4.78, 5) is 52.6. The van der Waals surface area contributed by atoms with E-state index in [1.807, 2.05) is 0 Å². The SMILES string of the molecule is CC(C)(C)N1C(=O)[C@@H]2[C@H](CC(N)=O)[NH2+][C@]3(C(=O)Nc4ccccc43)[C@@H]2C1=O. The van der Waals surface area contributed by atoms with E-state index in [1.54, 1.807) is 50.4 Å². The van der Waals surface area contributed by atoms with Crippen molar-refractivity contribution in [3.8, 4) is 0 Å². The van der Waals surface area contributed by atoms with E-state index in [2.05, 4.69) is 5.32 Å². The number of nitrogens with one attached hydrogen (secondary N) is 1. The molecule has 3 heterocycles. The summed E-state index contributed by atoms with van der Waals surface area (Å²) in [6, 6.07) is 6.61. The number of hydrogen-bond donors (Lipinski definition) is 3. The summed E-state index contributed by atoms with van der Waals surface area (Å²) in [5.41, 5.74) is 4.74. The highest BCUT2D eigenvalue weighted by atomic mass is 16.2. The van der Waals surface area contributed by atoms with Gasteiger partial charge in [-0.15, -0.1) is 0 Å².